The molecule has 0 aromatic heterocycles. The van der Waals surface area contributed by atoms with Gasteiger partial charge in [0.1, 0.15) is 0 Å². The third-order valence-electron chi connectivity index (χ3n) is 3.83. The van der Waals surface area contributed by atoms with Crippen molar-refractivity contribution < 1.29 is 9.90 Å². The van der Waals surface area contributed by atoms with Gasteiger partial charge in [0.15, 0.2) is 0 Å². The van der Waals surface area contributed by atoms with Gasteiger partial charge >= 0.3 is 0 Å². The minimum Gasteiger partial charge on any atom is -0.395 e. The zero-order valence-corrected chi connectivity index (χ0v) is 15.8. The van der Waals surface area contributed by atoms with E-state index in [1.165, 1.54) is 19.3 Å². The Morgan fingerprint density at radius 3 is 2.42 bits per heavy atom. The molecule has 0 saturated carbocycles. The predicted octanol–water partition coefficient (Wildman–Crippen LogP) is 3.67. The van der Waals surface area contributed by atoms with E-state index in [0.717, 1.165) is 38.8 Å². The number of rotatable bonds is 16. The molecular weight excluding hydrogens is 300 g/mol. The molecule has 0 aliphatic heterocycles. The number of allylic oxidation sites excluding steroid dienone is 3. The number of unbranched alkanes of at least 4 members (excludes halogenated alkanes) is 4. The van der Waals surface area contributed by atoms with E-state index in [4.69, 9.17) is 5.11 Å². The number of hydrogen-bond acceptors (Lipinski definition) is 3. The van der Waals surface area contributed by atoms with Crippen LogP contribution in [-0.2, 0) is 4.79 Å². The molecule has 1 amide bonds. The molecule has 0 atom stereocenters. The smallest absolute Gasteiger partial charge is 0.220 e. The third kappa shape index (κ3) is 15.8. The fourth-order valence-electron chi connectivity index (χ4n) is 2.35. The second-order valence-electron chi connectivity index (χ2n) is 6.14. The lowest BCUT2D eigenvalue weighted by atomic mass is 10.2. The highest BCUT2D eigenvalue weighted by Crippen LogP contribution is 2.00. The lowest BCUT2D eigenvalue weighted by Crippen LogP contribution is -2.36. The minimum atomic E-state index is 0.107. The van der Waals surface area contributed by atoms with Crippen molar-refractivity contribution in [2.24, 2.45) is 0 Å². The Kier molecular flexibility index (Phi) is 17.4. The number of nitrogens with zero attached hydrogens (tertiary/aromatic N) is 1. The number of aliphatic hydroxyl groups is 1. The summed E-state index contributed by atoms with van der Waals surface area (Å²) in [4.78, 5) is 13.9. The zero-order valence-electron chi connectivity index (χ0n) is 15.8. The highest BCUT2D eigenvalue weighted by atomic mass is 16.3. The van der Waals surface area contributed by atoms with Gasteiger partial charge in [-0.1, -0.05) is 57.4 Å². The lowest BCUT2D eigenvalue weighted by Gasteiger charge is -2.19. The van der Waals surface area contributed by atoms with E-state index in [2.05, 4.69) is 48.4 Å². The highest BCUT2D eigenvalue weighted by molar-refractivity contribution is 5.75. The van der Waals surface area contributed by atoms with Crippen molar-refractivity contribution in [3.8, 4) is 0 Å². The summed E-state index contributed by atoms with van der Waals surface area (Å²) in [6, 6.07) is 0. The molecule has 0 aromatic rings. The first-order chi connectivity index (χ1) is 11.7. The van der Waals surface area contributed by atoms with E-state index in [9.17, 15) is 4.79 Å². The maximum atomic E-state index is 11.7. The monoisotopic (exact) mass is 338 g/mol. The van der Waals surface area contributed by atoms with Crippen LogP contribution in [0.4, 0.5) is 0 Å². The Balaban J connectivity index is 3.80. The van der Waals surface area contributed by atoms with Crippen LogP contribution in [0.15, 0.2) is 24.3 Å². The molecule has 4 nitrogen and oxygen atoms in total. The van der Waals surface area contributed by atoms with Crippen molar-refractivity contribution in [1.82, 2.24) is 10.2 Å². The average Bonchev–Trinajstić information content (AvgIpc) is 2.57. The molecule has 140 valence electrons. The number of amides is 1. The summed E-state index contributed by atoms with van der Waals surface area (Å²) >= 11 is 0. The summed E-state index contributed by atoms with van der Waals surface area (Å²) in [5, 5.41) is 12.1. The molecule has 0 rings (SSSR count). The second kappa shape index (κ2) is 18.2. The fourth-order valence-corrected chi connectivity index (χ4v) is 2.35. The molecule has 0 aliphatic rings. The average molecular weight is 339 g/mol. The molecule has 24 heavy (non-hydrogen) atoms. The van der Waals surface area contributed by atoms with Crippen LogP contribution >= 0.6 is 0 Å². The van der Waals surface area contributed by atoms with Crippen LogP contribution in [0.5, 0.6) is 0 Å². The molecule has 0 bridgehead atoms. The Morgan fingerprint density at radius 2 is 1.71 bits per heavy atom. The van der Waals surface area contributed by atoms with Crippen molar-refractivity contribution >= 4 is 5.91 Å². The van der Waals surface area contributed by atoms with Gasteiger partial charge in [-0.15, -0.1) is 0 Å². The quantitative estimate of drug-likeness (QED) is 0.333. The van der Waals surface area contributed by atoms with Crippen LogP contribution in [0.25, 0.3) is 0 Å². The van der Waals surface area contributed by atoms with E-state index < -0.39 is 0 Å². The van der Waals surface area contributed by atoms with E-state index in [1.807, 2.05) is 0 Å². The molecule has 0 heterocycles. The van der Waals surface area contributed by atoms with Gasteiger partial charge in [-0.25, -0.2) is 0 Å². The Morgan fingerprint density at radius 1 is 0.958 bits per heavy atom. The van der Waals surface area contributed by atoms with Crippen LogP contribution < -0.4 is 5.32 Å². The van der Waals surface area contributed by atoms with Crippen LogP contribution in [0.2, 0.25) is 0 Å². The number of nitrogens with one attached hydrogen (secondary N) is 1. The third-order valence-corrected chi connectivity index (χ3v) is 3.83. The molecule has 0 radical (unpaired) electrons. The summed E-state index contributed by atoms with van der Waals surface area (Å²) in [6.07, 6.45) is 17.1. The van der Waals surface area contributed by atoms with Gasteiger partial charge in [-0.3, -0.25) is 9.69 Å². The summed E-state index contributed by atoms with van der Waals surface area (Å²) < 4.78 is 0. The molecule has 0 aliphatic carbocycles. The first kappa shape index (κ1) is 22.9. The predicted molar refractivity (Wildman–Crippen MR) is 103 cm³/mol. The summed E-state index contributed by atoms with van der Waals surface area (Å²) in [5.41, 5.74) is 0. The van der Waals surface area contributed by atoms with E-state index in [-0.39, 0.29) is 12.5 Å². The van der Waals surface area contributed by atoms with Gasteiger partial charge in [-0.05, 0) is 25.7 Å². The molecule has 4 heteroatoms. The summed E-state index contributed by atoms with van der Waals surface area (Å²) in [7, 11) is 0. The zero-order chi connectivity index (χ0) is 17.9. The molecule has 0 fully saturated rings. The van der Waals surface area contributed by atoms with Crippen LogP contribution in [0.1, 0.15) is 65.2 Å². The van der Waals surface area contributed by atoms with Crippen molar-refractivity contribution in [3.05, 3.63) is 24.3 Å². The van der Waals surface area contributed by atoms with E-state index in [0.29, 0.717) is 19.5 Å². The van der Waals surface area contributed by atoms with Crippen molar-refractivity contribution in [2.45, 2.75) is 65.2 Å². The molecule has 0 spiro atoms. The summed E-state index contributed by atoms with van der Waals surface area (Å²) in [6.45, 7) is 7.41. The van der Waals surface area contributed by atoms with Crippen molar-refractivity contribution in [2.75, 3.05) is 32.8 Å². The normalized spacial score (nSPS) is 11.8. The molecule has 0 unspecified atom stereocenters. The first-order valence-corrected chi connectivity index (χ1v) is 9.64. The Hall–Kier alpha value is -1.13. The molecule has 2 N–H and O–H groups in total. The summed E-state index contributed by atoms with van der Waals surface area (Å²) in [5.74, 6) is 0.107. The maximum absolute atomic E-state index is 11.7. The topological polar surface area (TPSA) is 52.6 Å². The number of aliphatic hydroxyl groups excluding tert-OH is 1. The van der Waals surface area contributed by atoms with Gasteiger partial charge in [0.05, 0.1) is 6.61 Å². The van der Waals surface area contributed by atoms with Gasteiger partial charge in [0, 0.05) is 32.6 Å². The molecule has 0 saturated heterocycles. The number of carbonyl (C=O) groups is 1. The highest BCUT2D eigenvalue weighted by Gasteiger charge is 2.04. The van der Waals surface area contributed by atoms with Crippen molar-refractivity contribution in [1.29, 1.82) is 0 Å². The van der Waals surface area contributed by atoms with Crippen LogP contribution in [0.3, 0.4) is 0 Å². The Labute approximate surface area is 149 Å². The number of hydrogen-bond donors (Lipinski definition) is 2. The SMILES string of the molecule is CCC/C=C/CCC(=O)NCCN(C/C=C/CCCCC)CCO. The largest absolute Gasteiger partial charge is 0.395 e. The van der Waals surface area contributed by atoms with E-state index in [1.54, 1.807) is 0 Å². The fraction of sp³-hybridized carbons (Fsp3) is 0.750. The molecular formula is C20H38N2O2. The minimum absolute atomic E-state index is 0.107. The van der Waals surface area contributed by atoms with Gasteiger partial charge in [0.2, 0.25) is 5.91 Å². The second-order valence-corrected chi connectivity index (χ2v) is 6.14. The van der Waals surface area contributed by atoms with E-state index >= 15 is 0 Å². The lowest BCUT2D eigenvalue weighted by molar-refractivity contribution is -0.121. The van der Waals surface area contributed by atoms with Crippen molar-refractivity contribution in [3.63, 3.8) is 0 Å². The standard InChI is InChI=1S/C20H38N2O2/c1-3-5-7-9-11-13-16-22(18-19-23)17-15-21-20(24)14-12-10-8-6-4-2/h8,10-11,13,23H,3-7,9,12,14-19H2,1-2H3,(H,21,24)/b10-8+,13-11+. The first-order valence-electron chi connectivity index (χ1n) is 9.64. The maximum Gasteiger partial charge on any atom is 0.220 e. The Bertz CT molecular complexity index is 341. The van der Waals surface area contributed by atoms with Gasteiger partial charge < -0.3 is 10.4 Å². The number of carbonyl (C=O) groups excluding carboxylic acids is 1. The van der Waals surface area contributed by atoms with Crippen LogP contribution in [0, 0.1) is 0 Å². The van der Waals surface area contributed by atoms with Gasteiger partial charge in [0.25, 0.3) is 0 Å². The van der Waals surface area contributed by atoms with Gasteiger partial charge in [-0.2, -0.15) is 0 Å². The van der Waals surface area contributed by atoms with Crippen LogP contribution in [-0.4, -0.2) is 48.7 Å². The molecule has 0 aromatic carbocycles.